The van der Waals surface area contributed by atoms with Crippen LogP contribution in [0.1, 0.15) is 50.5 Å². The topological polar surface area (TPSA) is 32.3 Å². The fourth-order valence-electron chi connectivity index (χ4n) is 3.59. The highest BCUT2D eigenvalue weighted by Crippen LogP contribution is 2.31. The molecule has 2 aliphatic rings. The molecule has 2 aliphatic heterocycles. The van der Waals surface area contributed by atoms with Crippen molar-refractivity contribution in [2.75, 3.05) is 31.1 Å². The summed E-state index contributed by atoms with van der Waals surface area (Å²) >= 11 is 1.04. The van der Waals surface area contributed by atoms with Crippen LogP contribution in [0.4, 0.5) is 13.9 Å². The minimum atomic E-state index is -2.51. The van der Waals surface area contributed by atoms with Crippen molar-refractivity contribution in [2.45, 2.75) is 51.5 Å². The van der Waals surface area contributed by atoms with Crippen molar-refractivity contribution >= 4 is 16.5 Å². The number of halogens is 2. The van der Waals surface area contributed by atoms with Crippen LogP contribution in [0.5, 0.6) is 0 Å². The Balaban J connectivity index is 1.58. The van der Waals surface area contributed by atoms with Gasteiger partial charge in [-0.2, -0.15) is 0 Å². The van der Waals surface area contributed by atoms with Crippen molar-refractivity contribution in [1.29, 1.82) is 0 Å². The summed E-state index contributed by atoms with van der Waals surface area (Å²) in [6, 6.07) is 0.677. The monoisotopic (exact) mass is 330 g/mol. The summed E-state index contributed by atoms with van der Waals surface area (Å²) in [6.45, 7) is 6.47. The van der Waals surface area contributed by atoms with E-state index in [2.05, 4.69) is 26.9 Å². The normalized spacial score (nSPS) is 27.5. The fourth-order valence-corrected chi connectivity index (χ4v) is 4.33. The van der Waals surface area contributed by atoms with Gasteiger partial charge in [-0.25, -0.2) is 8.78 Å². The van der Waals surface area contributed by atoms with Crippen LogP contribution < -0.4 is 4.90 Å². The molecule has 7 heteroatoms. The second-order valence-corrected chi connectivity index (χ2v) is 7.51. The van der Waals surface area contributed by atoms with Gasteiger partial charge in [0.05, 0.1) is 0 Å². The largest absolute Gasteiger partial charge is 0.346 e. The third-order valence-electron chi connectivity index (χ3n) is 4.84. The average molecular weight is 330 g/mol. The molecule has 4 nitrogen and oxygen atoms in total. The Kier molecular flexibility index (Phi) is 5.23. The Morgan fingerprint density at radius 3 is 2.77 bits per heavy atom. The lowest BCUT2D eigenvalue weighted by Gasteiger charge is -2.39. The number of nitrogens with zero attached hydrogens (tertiary/aromatic N) is 4. The smallest absolute Gasteiger partial charge is 0.291 e. The quantitative estimate of drug-likeness (QED) is 0.845. The molecule has 0 spiro atoms. The number of likely N-dealkylation sites (tertiary alicyclic amines) is 1. The molecule has 3 rings (SSSR count). The minimum absolute atomic E-state index is 0.165. The first-order chi connectivity index (χ1) is 10.6. The molecule has 0 N–H and O–H groups in total. The van der Waals surface area contributed by atoms with Gasteiger partial charge >= 0.3 is 0 Å². The van der Waals surface area contributed by atoms with Gasteiger partial charge in [0.25, 0.3) is 6.43 Å². The maximum atomic E-state index is 12.7. The Labute approximate surface area is 134 Å². The third kappa shape index (κ3) is 3.74. The first kappa shape index (κ1) is 16.1. The molecule has 1 aromatic heterocycles. The van der Waals surface area contributed by atoms with E-state index in [9.17, 15) is 8.78 Å². The van der Waals surface area contributed by atoms with E-state index in [1.807, 2.05) is 0 Å². The Bertz CT molecular complexity index is 482. The van der Waals surface area contributed by atoms with Gasteiger partial charge in [0.1, 0.15) is 0 Å². The van der Waals surface area contributed by atoms with Crippen LogP contribution in [0.3, 0.4) is 0 Å². The zero-order valence-corrected chi connectivity index (χ0v) is 13.9. The van der Waals surface area contributed by atoms with Crippen molar-refractivity contribution in [2.24, 2.45) is 5.92 Å². The second-order valence-electron chi connectivity index (χ2n) is 6.52. The van der Waals surface area contributed by atoms with Crippen LogP contribution in [-0.4, -0.2) is 47.3 Å². The minimum Gasteiger partial charge on any atom is -0.346 e. The van der Waals surface area contributed by atoms with Gasteiger partial charge in [-0.1, -0.05) is 17.8 Å². The first-order valence-corrected chi connectivity index (χ1v) is 9.05. The van der Waals surface area contributed by atoms with Gasteiger partial charge in [-0.3, -0.25) is 0 Å². The summed E-state index contributed by atoms with van der Waals surface area (Å²) in [4.78, 5) is 4.74. The Morgan fingerprint density at radius 1 is 1.18 bits per heavy atom. The van der Waals surface area contributed by atoms with Crippen LogP contribution in [0.25, 0.3) is 0 Å². The van der Waals surface area contributed by atoms with Crippen LogP contribution in [0.15, 0.2) is 0 Å². The molecule has 2 atom stereocenters. The molecule has 3 heterocycles. The standard InChI is InChI=1S/C15H24F2N4S/c1-11-5-2-3-7-20(11)9-12-6-4-8-21(10-12)15-19-18-14(22-15)13(16)17/h11-13H,2-10H2,1H3. The number of hydrogen-bond donors (Lipinski definition) is 0. The predicted octanol–water partition coefficient (Wildman–Crippen LogP) is 3.57. The molecule has 0 aliphatic carbocycles. The fraction of sp³-hybridized carbons (Fsp3) is 0.867. The van der Waals surface area contributed by atoms with Crippen LogP contribution in [-0.2, 0) is 0 Å². The first-order valence-electron chi connectivity index (χ1n) is 8.24. The lowest BCUT2D eigenvalue weighted by molar-refractivity contribution is 0.130. The van der Waals surface area contributed by atoms with Crippen molar-refractivity contribution in [3.05, 3.63) is 5.01 Å². The zero-order valence-electron chi connectivity index (χ0n) is 13.0. The van der Waals surface area contributed by atoms with Gasteiger partial charge in [-0.15, -0.1) is 10.2 Å². The van der Waals surface area contributed by atoms with Crippen molar-refractivity contribution in [3.8, 4) is 0 Å². The molecule has 2 unspecified atom stereocenters. The van der Waals surface area contributed by atoms with Crippen molar-refractivity contribution in [1.82, 2.24) is 15.1 Å². The summed E-state index contributed by atoms with van der Waals surface area (Å²) in [5.41, 5.74) is 0. The highest BCUT2D eigenvalue weighted by Gasteiger charge is 2.27. The Hall–Kier alpha value is -0.820. The molecular weight excluding hydrogens is 306 g/mol. The van der Waals surface area contributed by atoms with E-state index in [-0.39, 0.29) is 5.01 Å². The van der Waals surface area contributed by atoms with Gasteiger partial charge in [0.2, 0.25) is 5.13 Å². The van der Waals surface area contributed by atoms with Crippen LogP contribution in [0.2, 0.25) is 0 Å². The van der Waals surface area contributed by atoms with E-state index >= 15 is 0 Å². The molecule has 1 aromatic rings. The molecule has 2 saturated heterocycles. The molecule has 0 saturated carbocycles. The number of piperidine rings is 2. The number of hydrogen-bond acceptors (Lipinski definition) is 5. The van der Waals surface area contributed by atoms with E-state index in [4.69, 9.17) is 0 Å². The summed E-state index contributed by atoms with van der Waals surface area (Å²) in [6.07, 6.45) is 3.76. The molecule has 0 bridgehead atoms. The van der Waals surface area contributed by atoms with E-state index in [0.29, 0.717) is 17.1 Å². The number of aromatic nitrogens is 2. The lowest BCUT2D eigenvalue weighted by atomic mass is 9.95. The third-order valence-corrected chi connectivity index (χ3v) is 5.83. The molecule has 0 amide bonds. The van der Waals surface area contributed by atoms with Gasteiger partial charge in [-0.05, 0) is 45.1 Å². The van der Waals surface area contributed by atoms with E-state index in [1.165, 1.54) is 32.2 Å². The summed E-state index contributed by atoms with van der Waals surface area (Å²) < 4.78 is 25.3. The SMILES string of the molecule is CC1CCCCN1CC1CCCN(c2nnc(C(F)F)s2)C1. The zero-order chi connectivity index (χ0) is 15.5. The Morgan fingerprint density at radius 2 is 2.05 bits per heavy atom. The maximum absolute atomic E-state index is 12.7. The summed E-state index contributed by atoms with van der Waals surface area (Å²) in [7, 11) is 0. The molecule has 0 aromatic carbocycles. The molecule has 124 valence electrons. The van der Waals surface area contributed by atoms with E-state index in [0.717, 1.165) is 37.4 Å². The molecular formula is C15H24F2N4S. The number of alkyl halides is 2. The van der Waals surface area contributed by atoms with Crippen LogP contribution in [0, 0.1) is 5.92 Å². The number of anilines is 1. The second kappa shape index (κ2) is 7.17. The highest BCUT2D eigenvalue weighted by atomic mass is 32.1. The van der Waals surface area contributed by atoms with Crippen molar-refractivity contribution in [3.63, 3.8) is 0 Å². The van der Waals surface area contributed by atoms with Gasteiger partial charge in [0, 0.05) is 25.7 Å². The summed E-state index contributed by atoms with van der Waals surface area (Å²) in [5, 5.41) is 8.06. The molecule has 0 radical (unpaired) electrons. The molecule has 2 fully saturated rings. The number of rotatable bonds is 4. The predicted molar refractivity (Wildman–Crippen MR) is 84.7 cm³/mol. The van der Waals surface area contributed by atoms with Gasteiger partial charge in [0.15, 0.2) is 5.01 Å². The molecule has 22 heavy (non-hydrogen) atoms. The van der Waals surface area contributed by atoms with E-state index < -0.39 is 6.43 Å². The maximum Gasteiger partial charge on any atom is 0.291 e. The van der Waals surface area contributed by atoms with Gasteiger partial charge < -0.3 is 9.80 Å². The lowest BCUT2D eigenvalue weighted by Crippen LogP contribution is -2.45. The average Bonchev–Trinajstić information content (AvgIpc) is 3.00. The van der Waals surface area contributed by atoms with E-state index in [1.54, 1.807) is 0 Å². The highest BCUT2D eigenvalue weighted by molar-refractivity contribution is 7.15. The van der Waals surface area contributed by atoms with Crippen LogP contribution >= 0.6 is 11.3 Å². The summed E-state index contributed by atoms with van der Waals surface area (Å²) in [5.74, 6) is 0.605. The van der Waals surface area contributed by atoms with Crippen molar-refractivity contribution < 1.29 is 8.78 Å².